The number of likely N-dealkylation sites (tertiary alicyclic amines) is 1. The van der Waals surface area contributed by atoms with Crippen LogP contribution in [0.1, 0.15) is 26.3 Å². The van der Waals surface area contributed by atoms with E-state index in [0.717, 1.165) is 16.6 Å². The topological polar surface area (TPSA) is 112 Å². The molecule has 234 valence electrons. The zero-order chi connectivity index (χ0) is 31.5. The van der Waals surface area contributed by atoms with E-state index >= 15 is 0 Å². The van der Waals surface area contributed by atoms with Gasteiger partial charge in [-0.15, -0.1) is 16.9 Å². The number of hydrogen-bond acceptors (Lipinski definition) is 7. The summed E-state index contributed by atoms with van der Waals surface area (Å²) in [5.74, 6) is -2.12. The molecule has 5 heterocycles. The maximum absolute atomic E-state index is 14.8. The van der Waals surface area contributed by atoms with Crippen LogP contribution in [0.3, 0.4) is 0 Å². The minimum absolute atomic E-state index is 0.0872. The van der Waals surface area contributed by atoms with E-state index in [9.17, 15) is 19.5 Å². The normalized spacial score (nSPS) is 30.1. The van der Waals surface area contributed by atoms with Crippen molar-refractivity contribution in [1.82, 2.24) is 29.7 Å². The molecule has 10 nitrogen and oxygen atoms in total. The van der Waals surface area contributed by atoms with E-state index in [0.29, 0.717) is 19.6 Å². The smallest absolute Gasteiger partial charge is 0.248 e. The number of para-hydroxylation sites is 1. The van der Waals surface area contributed by atoms with Crippen molar-refractivity contribution in [2.45, 2.75) is 55.6 Å². The molecule has 6 atom stereocenters. The molecule has 45 heavy (non-hydrogen) atoms. The van der Waals surface area contributed by atoms with Gasteiger partial charge in [0.1, 0.15) is 18.2 Å². The molecule has 0 bridgehead atoms. The number of amides is 3. The molecule has 0 saturated carbocycles. The van der Waals surface area contributed by atoms with Crippen molar-refractivity contribution >= 4 is 40.5 Å². The zero-order valence-electron chi connectivity index (χ0n) is 25.7. The molecule has 4 aliphatic rings. The summed E-state index contributed by atoms with van der Waals surface area (Å²) in [5, 5.41) is 19.2. The highest BCUT2D eigenvalue weighted by molar-refractivity contribution is 8.02. The van der Waals surface area contributed by atoms with Crippen molar-refractivity contribution in [3.63, 3.8) is 0 Å². The van der Waals surface area contributed by atoms with Gasteiger partial charge in [0.2, 0.25) is 17.7 Å². The van der Waals surface area contributed by atoms with Crippen LogP contribution >= 0.6 is 11.8 Å². The van der Waals surface area contributed by atoms with E-state index in [-0.39, 0.29) is 36.9 Å². The van der Waals surface area contributed by atoms with Gasteiger partial charge >= 0.3 is 0 Å². The van der Waals surface area contributed by atoms with Crippen LogP contribution in [0.15, 0.2) is 78.9 Å². The van der Waals surface area contributed by atoms with Crippen LogP contribution in [0.2, 0.25) is 0 Å². The van der Waals surface area contributed by atoms with E-state index in [4.69, 9.17) is 0 Å². The Balaban J connectivity index is 1.31. The summed E-state index contributed by atoms with van der Waals surface area (Å²) in [6.07, 6.45) is 8.07. The summed E-state index contributed by atoms with van der Waals surface area (Å²) in [6, 6.07) is 16.0. The van der Waals surface area contributed by atoms with Crippen LogP contribution in [-0.4, -0.2) is 93.8 Å². The molecule has 3 aromatic rings. The van der Waals surface area contributed by atoms with Crippen molar-refractivity contribution in [3.05, 3.63) is 84.5 Å². The van der Waals surface area contributed by atoms with Crippen molar-refractivity contribution in [3.8, 4) is 0 Å². The van der Waals surface area contributed by atoms with Gasteiger partial charge < -0.3 is 19.8 Å². The fraction of sp³-hybridized carbons (Fsp3) is 0.441. The number of carbonyl (C=O) groups excluding carboxylic acids is 3. The molecule has 0 radical (unpaired) electrons. The third-order valence-corrected chi connectivity index (χ3v) is 11.7. The quantitative estimate of drug-likeness (QED) is 0.402. The first-order valence-electron chi connectivity index (χ1n) is 15.6. The van der Waals surface area contributed by atoms with Crippen LogP contribution in [0.4, 0.5) is 0 Å². The second-order valence-electron chi connectivity index (χ2n) is 13.0. The molecule has 2 fully saturated rings. The molecule has 3 amide bonds. The van der Waals surface area contributed by atoms with Crippen LogP contribution in [0.25, 0.3) is 11.0 Å². The minimum atomic E-state index is -0.995. The zero-order valence-corrected chi connectivity index (χ0v) is 26.5. The Morgan fingerprint density at radius 1 is 0.911 bits per heavy atom. The Kier molecular flexibility index (Phi) is 7.36. The van der Waals surface area contributed by atoms with Gasteiger partial charge in [0, 0.05) is 24.4 Å². The van der Waals surface area contributed by atoms with Gasteiger partial charge in [0.15, 0.2) is 0 Å². The highest BCUT2D eigenvalue weighted by Crippen LogP contribution is 2.66. The number of benzene rings is 2. The minimum Gasteiger partial charge on any atom is -0.394 e. The first-order valence-corrected chi connectivity index (χ1v) is 16.4. The van der Waals surface area contributed by atoms with E-state index < -0.39 is 33.4 Å². The highest BCUT2D eigenvalue weighted by Gasteiger charge is 2.74. The number of aromatic nitrogens is 3. The number of nitrogens with zero attached hydrogens (tertiary/aromatic N) is 6. The lowest BCUT2D eigenvalue weighted by Gasteiger charge is -2.40. The van der Waals surface area contributed by atoms with Gasteiger partial charge in [-0.05, 0) is 30.5 Å². The van der Waals surface area contributed by atoms with Crippen molar-refractivity contribution in [2.75, 3.05) is 19.7 Å². The largest absolute Gasteiger partial charge is 0.394 e. The molecule has 11 heteroatoms. The highest BCUT2D eigenvalue weighted by atomic mass is 32.2. The lowest BCUT2D eigenvalue weighted by Crippen LogP contribution is -2.58. The number of aliphatic hydroxyl groups excluding tert-OH is 1. The molecular weight excluding hydrogens is 588 g/mol. The number of aliphatic hydroxyl groups is 1. The molecule has 0 aliphatic carbocycles. The average molecular weight is 627 g/mol. The van der Waals surface area contributed by atoms with Crippen molar-refractivity contribution in [2.24, 2.45) is 17.8 Å². The van der Waals surface area contributed by atoms with Crippen molar-refractivity contribution in [1.29, 1.82) is 0 Å². The third-order valence-electron chi connectivity index (χ3n) is 9.92. The van der Waals surface area contributed by atoms with Gasteiger partial charge in [0.05, 0.1) is 34.7 Å². The molecule has 7 rings (SSSR count). The second kappa shape index (κ2) is 11.1. The molecule has 1 spiro atoms. The number of fused-ring (bicyclic) bond motifs is 3. The summed E-state index contributed by atoms with van der Waals surface area (Å²) in [4.78, 5) is 49.3. The summed E-state index contributed by atoms with van der Waals surface area (Å²) in [6.45, 7) is 6.99. The van der Waals surface area contributed by atoms with E-state index in [1.807, 2.05) is 98.5 Å². The summed E-state index contributed by atoms with van der Waals surface area (Å²) < 4.78 is -0.00312. The predicted octanol–water partition coefficient (Wildman–Crippen LogP) is 3.09. The van der Waals surface area contributed by atoms with E-state index in [1.54, 1.807) is 26.2 Å². The molecule has 1 aromatic heterocycles. The SMILES string of the molecule is CC(C)[C@H](CO)N1C(=O)[C@@H]2[C@H]3C(=O)N(Cc4ccccc4)CC=C[C@@]3(C)S[C@@]23C=CCN(Cn2nnc4ccccc42)C(=O)C13. The lowest BCUT2D eigenvalue weighted by atomic mass is 9.74. The van der Waals surface area contributed by atoms with Crippen LogP contribution in [0.5, 0.6) is 0 Å². The standard InChI is InChI=1S/C34H38N6O4S/c1-22(2)26(20-41)40-29-32(44)38(21-39-25-14-8-7-13-24(25)35-36-39)18-10-16-34(29)28(31(40)43)27-30(42)37(17-9-15-33(27,3)45-34)19-23-11-5-4-6-12-23/h4-16,22,26-29,41H,17-21H2,1-3H3/t26-,27-,28-,29?,33+,34-/m0/s1. The summed E-state index contributed by atoms with van der Waals surface area (Å²) in [7, 11) is 0. The summed E-state index contributed by atoms with van der Waals surface area (Å²) in [5.41, 5.74) is 2.55. The predicted molar refractivity (Wildman–Crippen MR) is 171 cm³/mol. The molecule has 4 aliphatic heterocycles. The number of thioether (sulfide) groups is 1. The van der Waals surface area contributed by atoms with Gasteiger partial charge in [-0.1, -0.05) is 85.8 Å². The van der Waals surface area contributed by atoms with Crippen LogP contribution in [-0.2, 0) is 27.6 Å². The van der Waals surface area contributed by atoms with Gasteiger partial charge in [-0.2, -0.15) is 0 Å². The Labute approximate surface area is 266 Å². The Morgan fingerprint density at radius 2 is 1.62 bits per heavy atom. The third kappa shape index (κ3) is 4.62. The Morgan fingerprint density at radius 3 is 2.38 bits per heavy atom. The summed E-state index contributed by atoms with van der Waals surface area (Å²) >= 11 is 1.55. The number of carbonyl (C=O) groups is 3. The van der Waals surface area contributed by atoms with E-state index in [1.165, 1.54) is 0 Å². The number of hydrogen-bond donors (Lipinski definition) is 1. The first-order chi connectivity index (χ1) is 21.7. The molecular formula is C34H38N6O4S. The Bertz CT molecular complexity index is 1710. The molecule has 2 aromatic carbocycles. The van der Waals surface area contributed by atoms with Crippen LogP contribution < -0.4 is 0 Å². The molecule has 1 N–H and O–H groups in total. The molecule has 2 saturated heterocycles. The maximum atomic E-state index is 14.8. The van der Waals surface area contributed by atoms with Gasteiger partial charge in [0.25, 0.3) is 0 Å². The first kappa shape index (κ1) is 29.7. The maximum Gasteiger partial charge on any atom is 0.248 e. The average Bonchev–Trinajstić information content (AvgIpc) is 3.56. The number of rotatable bonds is 7. The Hall–Kier alpha value is -3.96. The lowest BCUT2D eigenvalue weighted by molar-refractivity contribution is -0.148. The van der Waals surface area contributed by atoms with Gasteiger partial charge in [-0.25, -0.2) is 4.68 Å². The van der Waals surface area contributed by atoms with Crippen molar-refractivity contribution < 1.29 is 19.5 Å². The van der Waals surface area contributed by atoms with E-state index in [2.05, 4.69) is 16.4 Å². The van der Waals surface area contributed by atoms with Crippen LogP contribution in [0, 0.1) is 17.8 Å². The second-order valence-corrected chi connectivity index (χ2v) is 14.8. The monoisotopic (exact) mass is 626 g/mol. The molecule has 1 unspecified atom stereocenters. The fourth-order valence-corrected chi connectivity index (χ4v) is 9.94. The van der Waals surface area contributed by atoms with Gasteiger partial charge in [-0.3, -0.25) is 14.4 Å². The fourth-order valence-electron chi connectivity index (χ4n) is 7.79.